The average Bonchev–Trinajstić information content (AvgIpc) is 2.30. The minimum atomic E-state index is -3.42. The number of piperidine rings is 1. The molecule has 1 aromatic heterocycles. The Morgan fingerprint density at radius 3 is 2.71 bits per heavy atom. The van der Waals surface area contributed by atoms with Gasteiger partial charge in [0, 0.05) is 19.3 Å². The second-order valence-electron chi connectivity index (χ2n) is 4.43. The van der Waals surface area contributed by atoms with Crippen molar-refractivity contribution in [2.24, 2.45) is 5.92 Å². The molecule has 2 rings (SSSR count). The van der Waals surface area contributed by atoms with Gasteiger partial charge >= 0.3 is 10.2 Å². The number of anilines is 1. The molecule has 94 valence electrons. The van der Waals surface area contributed by atoms with Crippen molar-refractivity contribution in [1.82, 2.24) is 9.29 Å². The molecule has 5 nitrogen and oxygen atoms in total. The zero-order chi connectivity index (χ0) is 12.3. The van der Waals surface area contributed by atoms with Crippen molar-refractivity contribution in [2.75, 3.05) is 17.8 Å². The van der Waals surface area contributed by atoms with Gasteiger partial charge in [0.1, 0.15) is 0 Å². The Hall–Kier alpha value is -1.14. The second-order valence-corrected chi connectivity index (χ2v) is 6.10. The molecule has 1 N–H and O–H groups in total. The molecule has 2 heterocycles. The molecule has 0 radical (unpaired) electrons. The summed E-state index contributed by atoms with van der Waals surface area (Å²) in [5.74, 6) is 0.611. The minimum absolute atomic E-state index is 0.506. The van der Waals surface area contributed by atoms with Crippen molar-refractivity contribution < 1.29 is 8.42 Å². The Kier molecular flexibility index (Phi) is 3.63. The SMILES string of the molecule is CC1CCN(S(=O)(=O)Nc2cccnc2)CC1. The molecule has 1 fully saturated rings. The molecule has 0 aromatic carbocycles. The van der Waals surface area contributed by atoms with Gasteiger partial charge in [-0.3, -0.25) is 9.71 Å². The largest absolute Gasteiger partial charge is 0.301 e. The fraction of sp³-hybridized carbons (Fsp3) is 0.545. The van der Waals surface area contributed by atoms with Gasteiger partial charge < -0.3 is 0 Å². The molecular weight excluding hydrogens is 238 g/mol. The first-order chi connectivity index (χ1) is 8.08. The molecule has 1 aliphatic rings. The summed E-state index contributed by atoms with van der Waals surface area (Å²) in [5.41, 5.74) is 0.506. The van der Waals surface area contributed by atoms with Crippen molar-refractivity contribution in [3.8, 4) is 0 Å². The number of pyridine rings is 1. The molecule has 1 saturated heterocycles. The van der Waals surface area contributed by atoms with E-state index < -0.39 is 10.2 Å². The van der Waals surface area contributed by atoms with Crippen LogP contribution in [-0.2, 0) is 10.2 Å². The van der Waals surface area contributed by atoms with Gasteiger partial charge in [-0.05, 0) is 30.9 Å². The van der Waals surface area contributed by atoms with Gasteiger partial charge in [-0.2, -0.15) is 12.7 Å². The van der Waals surface area contributed by atoms with Crippen LogP contribution in [0, 0.1) is 5.92 Å². The van der Waals surface area contributed by atoms with Crippen molar-refractivity contribution in [2.45, 2.75) is 19.8 Å². The first-order valence-electron chi connectivity index (χ1n) is 5.76. The van der Waals surface area contributed by atoms with Crippen LogP contribution < -0.4 is 4.72 Å². The van der Waals surface area contributed by atoms with E-state index in [1.807, 2.05) is 0 Å². The smallest absolute Gasteiger partial charge is 0.269 e. The van der Waals surface area contributed by atoms with Gasteiger partial charge in [0.25, 0.3) is 0 Å². The van der Waals surface area contributed by atoms with Crippen LogP contribution in [0.3, 0.4) is 0 Å². The average molecular weight is 255 g/mol. The van der Waals surface area contributed by atoms with Crippen LogP contribution in [0.5, 0.6) is 0 Å². The van der Waals surface area contributed by atoms with Crippen molar-refractivity contribution in [3.63, 3.8) is 0 Å². The van der Waals surface area contributed by atoms with E-state index in [0.717, 1.165) is 12.8 Å². The highest BCUT2D eigenvalue weighted by molar-refractivity contribution is 7.90. The molecule has 1 aliphatic heterocycles. The van der Waals surface area contributed by atoms with Crippen molar-refractivity contribution in [3.05, 3.63) is 24.5 Å². The number of nitrogens with zero attached hydrogens (tertiary/aromatic N) is 2. The van der Waals surface area contributed by atoms with Crippen LogP contribution in [-0.4, -0.2) is 30.8 Å². The van der Waals surface area contributed by atoms with Crippen LogP contribution in [0.15, 0.2) is 24.5 Å². The molecule has 17 heavy (non-hydrogen) atoms. The number of rotatable bonds is 3. The molecule has 0 saturated carbocycles. The zero-order valence-electron chi connectivity index (χ0n) is 9.83. The highest BCUT2D eigenvalue weighted by Crippen LogP contribution is 2.19. The number of hydrogen-bond donors (Lipinski definition) is 1. The van der Waals surface area contributed by atoms with E-state index in [4.69, 9.17) is 0 Å². The Bertz CT molecular complexity index is 453. The van der Waals surface area contributed by atoms with E-state index >= 15 is 0 Å². The summed E-state index contributed by atoms with van der Waals surface area (Å²) < 4.78 is 28.1. The summed E-state index contributed by atoms with van der Waals surface area (Å²) in [6.45, 7) is 3.34. The summed E-state index contributed by atoms with van der Waals surface area (Å²) in [5, 5.41) is 0. The van der Waals surface area contributed by atoms with E-state index in [1.54, 1.807) is 18.3 Å². The van der Waals surface area contributed by atoms with Crippen LogP contribution in [0.4, 0.5) is 5.69 Å². The Labute approximate surface area is 102 Å². The molecule has 0 aliphatic carbocycles. The van der Waals surface area contributed by atoms with Gasteiger partial charge in [0.05, 0.1) is 11.9 Å². The van der Waals surface area contributed by atoms with Gasteiger partial charge in [0.15, 0.2) is 0 Å². The van der Waals surface area contributed by atoms with Crippen LogP contribution >= 0.6 is 0 Å². The number of hydrogen-bond acceptors (Lipinski definition) is 3. The molecule has 0 atom stereocenters. The maximum absolute atomic E-state index is 12.0. The third-order valence-electron chi connectivity index (χ3n) is 2.99. The summed E-state index contributed by atoms with van der Waals surface area (Å²) in [7, 11) is -3.42. The highest BCUT2D eigenvalue weighted by atomic mass is 32.2. The minimum Gasteiger partial charge on any atom is -0.269 e. The first-order valence-corrected chi connectivity index (χ1v) is 7.20. The van der Waals surface area contributed by atoms with E-state index in [2.05, 4.69) is 16.6 Å². The molecular formula is C11H17N3O2S. The normalized spacial score (nSPS) is 19.1. The Balaban J connectivity index is 2.04. The van der Waals surface area contributed by atoms with Crippen LogP contribution in [0.2, 0.25) is 0 Å². The molecule has 0 spiro atoms. The van der Waals surface area contributed by atoms with E-state index in [1.165, 1.54) is 10.5 Å². The third kappa shape index (κ3) is 3.17. The summed E-state index contributed by atoms with van der Waals surface area (Å²) in [6.07, 6.45) is 4.96. The fourth-order valence-electron chi connectivity index (χ4n) is 1.86. The lowest BCUT2D eigenvalue weighted by molar-refractivity contribution is 0.289. The third-order valence-corrected chi connectivity index (χ3v) is 4.53. The number of aromatic nitrogens is 1. The predicted octanol–water partition coefficient (Wildman–Crippen LogP) is 1.47. The Morgan fingerprint density at radius 1 is 1.41 bits per heavy atom. The molecule has 1 aromatic rings. The van der Waals surface area contributed by atoms with E-state index in [-0.39, 0.29) is 0 Å². The quantitative estimate of drug-likeness (QED) is 0.889. The van der Waals surface area contributed by atoms with Gasteiger partial charge in [-0.1, -0.05) is 6.92 Å². The molecule has 0 amide bonds. The van der Waals surface area contributed by atoms with Crippen LogP contribution in [0.25, 0.3) is 0 Å². The standard InChI is InChI=1S/C11H17N3O2S/c1-10-4-7-14(8-5-10)17(15,16)13-11-3-2-6-12-9-11/h2-3,6,9-10,13H,4-5,7-8H2,1H3. The lowest BCUT2D eigenvalue weighted by Crippen LogP contribution is -2.41. The summed E-state index contributed by atoms with van der Waals surface area (Å²) >= 11 is 0. The topological polar surface area (TPSA) is 62.3 Å². The van der Waals surface area contributed by atoms with Gasteiger partial charge in [-0.15, -0.1) is 0 Å². The molecule has 0 unspecified atom stereocenters. The first kappa shape index (κ1) is 12.3. The van der Waals surface area contributed by atoms with Crippen LogP contribution in [0.1, 0.15) is 19.8 Å². The maximum atomic E-state index is 12.0. The predicted molar refractivity (Wildman–Crippen MR) is 66.8 cm³/mol. The van der Waals surface area contributed by atoms with E-state index in [0.29, 0.717) is 24.7 Å². The molecule has 6 heteroatoms. The van der Waals surface area contributed by atoms with E-state index in [9.17, 15) is 8.42 Å². The van der Waals surface area contributed by atoms with Crippen molar-refractivity contribution in [1.29, 1.82) is 0 Å². The maximum Gasteiger partial charge on any atom is 0.301 e. The Morgan fingerprint density at radius 2 is 2.12 bits per heavy atom. The monoisotopic (exact) mass is 255 g/mol. The highest BCUT2D eigenvalue weighted by Gasteiger charge is 2.26. The second kappa shape index (κ2) is 5.01. The summed E-state index contributed by atoms with van der Waals surface area (Å²) in [4.78, 5) is 3.88. The fourth-order valence-corrected chi connectivity index (χ4v) is 3.10. The van der Waals surface area contributed by atoms with Gasteiger partial charge in [-0.25, -0.2) is 0 Å². The lowest BCUT2D eigenvalue weighted by Gasteiger charge is -2.29. The number of nitrogens with one attached hydrogen (secondary N) is 1. The molecule has 0 bridgehead atoms. The van der Waals surface area contributed by atoms with Crippen molar-refractivity contribution >= 4 is 15.9 Å². The summed E-state index contributed by atoms with van der Waals surface area (Å²) in [6, 6.07) is 3.40. The lowest BCUT2D eigenvalue weighted by atomic mass is 10.0. The zero-order valence-corrected chi connectivity index (χ0v) is 10.7. The van der Waals surface area contributed by atoms with Gasteiger partial charge in [0.2, 0.25) is 0 Å².